The third kappa shape index (κ3) is 6.08. The van der Waals surface area contributed by atoms with E-state index < -0.39 is 17.1 Å². The van der Waals surface area contributed by atoms with Crippen LogP contribution in [0.4, 0.5) is 10.6 Å². The molecule has 6 nitrogen and oxygen atoms in total. The first-order valence-electron chi connectivity index (χ1n) is 9.15. The van der Waals surface area contributed by atoms with Crippen LogP contribution < -0.4 is 5.32 Å². The number of aromatic nitrogens is 1. The molecule has 1 N–H and O–H groups in total. The van der Waals surface area contributed by atoms with Crippen LogP contribution in [-0.4, -0.2) is 29.8 Å². The molecule has 0 saturated carbocycles. The number of amides is 1. The molecule has 0 spiro atoms. The van der Waals surface area contributed by atoms with Gasteiger partial charge in [0.1, 0.15) is 11.4 Å². The highest BCUT2D eigenvalue weighted by molar-refractivity contribution is 5.84. The standard InChI is InChI=1S/C22H28N2O4/c1-21(2,3)28-20(26)24-18-12-8-11-17(23-18)16-10-7-9-15(13-16)14-22(4,5)19(25)27-6/h7-13H,14H2,1-6H3,(H,23,24,26). The number of nitrogens with one attached hydrogen (secondary N) is 1. The third-order valence-corrected chi connectivity index (χ3v) is 3.98. The van der Waals surface area contributed by atoms with Gasteiger partial charge in [0, 0.05) is 5.56 Å². The fraction of sp³-hybridized carbons (Fsp3) is 0.409. The van der Waals surface area contributed by atoms with Gasteiger partial charge < -0.3 is 9.47 Å². The molecule has 0 aliphatic heterocycles. The van der Waals surface area contributed by atoms with Crippen molar-refractivity contribution in [3.05, 3.63) is 48.0 Å². The summed E-state index contributed by atoms with van der Waals surface area (Å²) in [6.07, 6.45) is -0.00525. The molecule has 0 fully saturated rings. The van der Waals surface area contributed by atoms with Crippen molar-refractivity contribution in [2.75, 3.05) is 12.4 Å². The van der Waals surface area contributed by atoms with Crippen LogP contribution in [0.15, 0.2) is 42.5 Å². The van der Waals surface area contributed by atoms with E-state index in [1.807, 2.05) is 50.2 Å². The smallest absolute Gasteiger partial charge is 0.413 e. The number of carbonyl (C=O) groups is 2. The molecule has 0 aliphatic carbocycles. The van der Waals surface area contributed by atoms with E-state index in [1.165, 1.54) is 7.11 Å². The monoisotopic (exact) mass is 384 g/mol. The van der Waals surface area contributed by atoms with Gasteiger partial charge in [0.2, 0.25) is 0 Å². The number of anilines is 1. The zero-order valence-corrected chi connectivity index (χ0v) is 17.3. The zero-order valence-electron chi connectivity index (χ0n) is 17.3. The van der Waals surface area contributed by atoms with E-state index in [0.717, 1.165) is 11.1 Å². The lowest BCUT2D eigenvalue weighted by molar-refractivity contribution is -0.150. The van der Waals surface area contributed by atoms with Crippen molar-refractivity contribution >= 4 is 17.9 Å². The molecule has 0 saturated heterocycles. The molecule has 2 aromatic rings. The first kappa shape index (κ1) is 21.4. The van der Waals surface area contributed by atoms with E-state index >= 15 is 0 Å². The molecular weight excluding hydrogens is 356 g/mol. The Labute approximate surface area is 166 Å². The second-order valence-electron chi connectivity index (χ2n) is 8.29. The molecule has 1 amide bonds. The Morgan fingerprint density at radius 3 is 2.36 bits per heavy atom. The molecule has 2 rings (SSSR count). The van der Waals surface area contributed by atoms with Crippen molar-refractivity contribution < 1.29 is 19.1 Å². The highest BCUT2D eigenvalue weighted by atomic mass is 16.6. The summed E-state index contributed by atoms with van der Waals surface area (Å²) in [5.41, 5.74) is 1.40. The Hall–Kier alpha value is -2.89. The Kier molecular flexibility index (Phi) is 6.44. The lowest BCUT2D eigenvalue weighted by Gasteiger charge is -2.21. The van der Waals surface area contributed by atoms with Crippen LogP contribution in [0.5, 0.6) is 0 Å². The first-order valence-corrected chi connectivity index (χ1v) is 9.15. The molecule has 0 bridgehead atoms. The van der Waals surface area contributed by atoms with Gasteiger partial charge in [-0.05, 0) is 64.8 Å². The van der Waals surface area contributed by atoms with Crippen LogP contribution >= 0.6 is 0 Å². The Balaban J connectivity index is 2.20. The summed E-state index contributed by atoms with van der Waals surface area (Å²) in [6.45, 7) is 9.12. The largest absolute Gasteiger partial charge is 0.469 e. The van der Waals surface area contributed by atoms with E-state index in [9.17, 15) is 9.59 Å². The quantitative estimate of drug-likeness (QED) is 0.747. The maximum Gasteiger partial charge on any atom is 0.413 e. The number of pyridine rings is 1. The van der Waals surface area contributed by atoms with E-state index in [0.29, 0.717) is 17.9 Å². The fourth-order valence-corrected chi connectivity index (χ4v) is 2.77. The van der Waals surface area contributed by atoms with E-state index in [2.05, 4.69) is 10.3 Å². The minimum absolute atomic E-state index is 0.250. The molecular formula is C22H28N2O4. The summed E-state index contributed by atoms with van der Waals surface area (Å²) in [6, 6.07) is 13.2. The number of methoxy groups -OCH3 is 1. The van der Waals surface area contributed by atoms with Crippen molar-refractivity contribution in [2.24, 2.45) is 5.41 Å². The molecule has 0 radical (unpaired) electrons. The van der Waals surface area contributed by atoms with E-state index in [4.69, 9.17) is 9.47 Å². The maximum atomic E-state index is 12.0. The summed E-state index contributed by atoms with van der Waals surface area (Å²) in [7, 11) is 1.40. The number of rotatable bonds is 5. The lowest BCUT2D eigenvalue weighted by Crippen LogP contribution is -2.28. The van der Waals surface area contributed by atoms with Gasteiger partial charge in [-0.15, -0.1) is 0 Å². The predicted octanol–water partition coefficient (Wildman–Crippen LogP) is 4.84. The highest BCUT2D eigenvalue weighted by Crippen LogP contribution is 2.26. The van der Waals surface area contributed by atoms with Gasteiger partial charge in [-0.2, -0.15) is 0 Å². The number of benzene rings is 1. The van der Waals surface area contributed by atoms with Crippen molar-refractivity contribution in [1.82, 2.24) is 4.98 Å². The molecule has 1 heterocycles. The van der Waals surface area contributed by atoms with Gasteiger partial charge in [0.25, 0.3) is 0 Å². The predicted molar refractivity (Wildman–Crippen MR) is 109 cm³/mol. The number of hydrogen-bond acceptors (Lipinski definition) is 5. The van der Waals surface area contributed by atoms with Crippen LogP contribution in [0, 0.1) is 5.41 Å². The first-order chi connectivity index (χ1) is 13.0. The second kappa shape index (κ2) is 8.42. The minimum Gasteiger partial charge on any atom is -0.469 e. The molecule has 28 heavy (non-hydrogen) atoms. The average molecular weight is 384 g/mol. The molecule has 0 atom stereocenters. The van der Waals surface area contributed by atoms with Gasteiger partial charge in [0.15, 0.2) is 0 Å². The van der Waals surface area contributed by atoms with Crippen LogP contribution in [0.25, 0.3) is 11.3 Å². The minimum atomic E-state index is -0.624. The SMILES string of the molecule is COC(=O)C(C)(C)Cc1cccc(-c2cccc(NC(=O)OC(C)(C)C)n2)c1. The van der Waals surface area contributed by atoms with Gasteiger partial charge >= 0.3 is 12.1 Å². The van der Waals surface area contributed by atoms with Crippen LogP contribution in [0.1, 0.15) is 40.2 Å². The fourth-order valence-electron chi connectivity index (χ4n) is 2.77. The number of esters is 1. The molecule has 1 aromatic carbocycles. The molecule has 1 aromatic heterocycles. The number of nitrogens with zero attached hydrogens (tertiary/aromatic N) is 1. The van der Waals surface area contributed by atoms with Crippen LogP contribution in [0.3, 0.4) is 0 Å². The Morgan fingerprint density at radius 1 is 1.04 bits per heavy atom. The summed E-state index contributed by atoms with van der Waals surface area (Å²) in [5, 5.41) is 2.65. The van der Waals surface area contributed by atoms with Crippen LogP contribution in [0.2, 0.25) is 0 Å². The van der Waals surface area contributed by atoms with Gasteiger partial charge in [-0.1, -0.05) is 24.3 Å². The van der Waals surface area contributed by atoms with Crippen molar-refractivity contribution in [3.8, 4) is 11.3 Å². The molecule has 0 unspecified atom stereocenters. The van der Waals surface area contributed by atoms with E-state index in [-0.39, 0.29) is 5.97 Å². The Morgan fingerprint density at radius 2 is 1.71 bits per heavy atom. The van der Waals surface area contributed by atoms with Crippen molar-refractivity contribution in [2.45, 2.75) is 46.6 Å². The summed E-state index contributed by atoms with van der Waals surface area (Å²) < 4.78 is 10.1. The summed E-state index contributed by atoms with van der Waals surface area (Å²) in [5.74, 6) is 0.159. The van der Waals surface area contributed by atoms with Crippen molar-refractivity contribution in [1.29, 1.82) is 0 Å². The number of ether oxygens (including phenoxy) is 2. The average Bonchev–Trinajstić information content (AvgIpc) is 2.59. The normalized spacial score (nSPS) is 11.6. The molecule has 6 heteroatoms. The Bertz CT molecular complexity index is 854. The third-order valence-electron chi connectivity index (χ3n) is 3.98. The van der Waals surface area contributed by atoms with Crippen LogP contribution in [-0.2, 0) is 20.7 Å². The second-order valence-corrected chi connectivity index (χ2v) is 8.29. The van der Waals surface area contributed by atoms with Gasteiger partial charge in [-0.3, -0.25) is 10.1 Å². The zero-order chi connectivity index (χ0) is 20.9. The topological polar surface area (TPSA) is 77.5 Å². The van der Waals surface area contributed by atoms with Gasteiger partial charge in [0.05, 0.1) is 18.2 Å². The number of hydrogen-bond donors (Lipinski definition) is 1. The highest BCUT2D eigenvalue weighted by Gasteiger charge is 2.29. The summed E-state index contributed by atoms with van der Waals surface area (Å²) in [4.78, 5) is 28.4. The van der Waals surface area contributed by atoms with Crippen molar-refractivity contribution in [3.63, 3.8) is 0 Å². The molecule has 0 aliphatic rings. The molecule has 150 valence electrons. The van der Waals surface area contributed by atoms with E-state index in [1.54, 1.807) is 26.8 Å². The lowest BCUT2D eigenvalue weighted by atomic mass is 9.85. The number of carbonyl (C=O) groups excluding carboxylic acids is 2. The maximum absolute atomic E-state index is 12.0. The summed E-state index contributed by atoms with van der Waals surface area (Å²) >= 11 is 0. The van der Waals surface area contributed by atoms with Gasteiger partial charge in [-0.25, -0.2) is 9.78 Å².